The van der Waals surface area contributed by atoms with Gasteiger partial charge in [-0.25, -0.2) is 9.78 Å². The number of urea groups is 1. The third-order valence-corrected chi connectivity index (χ3v) is 6.10. The summed E-state index contributed by atoms with van der Waals surface area (Å²) in [6.45, 7) is 8.10. The van der Waals surface area contributed by atoms with Crippen LogP contribution in [0.1, 0.15) is 49.2 Å². The van der Waals surface area contributed by atoms with Gasteiger partial charge in [-0.2, -0.15) is 0 Å². The minimum Gasteiger partial charge on any atom is -0.472 e. The lowest BCUT2D eigenvalue weighted by atomic mass is 10.00. The van der Waals surface area contributed by atoms with E-state index in [1.165, 1.54) is 0 Å². The highest BCUT2D eigenvalue weighted by Crippen LogP contribution is 2.27. The van der Waals surface area contributed by atoms with Crippen LogP contribution in [0.4, 0.5) is 4.79 Å². The van der Waals surface area contributed by atoms with E-state index < -0.39 is 6.10 Å². The Labute approximate surface area is 213 Å². The van der Waals surface area contributed by atoms with E-state index in [0.29, 0.717) is 30.6 Å². The molecule has 0 radical (unpaired) electrons. The van der Waals surface area contributed by atoms with Gasteiger partial charge in [0.05, 0.1) is 19.2 Å². The average Bonchev–Trinajstić information content (AvgIpc) is 2.86. The van der Waals surface area contributed by atoms with Gasteiger partial charge in [-0.15, -0.1) is 0 Å². The number of aliphatic hydroxyl groups is 1. The zero-order valence-electron chi connectivity index (χ0n) is 21.7. The van der Waals surface area contributed by atoms with Gasteiger partial charge >= 0.3 is 6.03 Å². The Bertz CT molecular complexity index is 1110. The van der Waals surface area contributed by atoms with Gasteiger partial charge in [-0.1, -0.05) is 49.1 Å². The van der Waals surface area contributed by atoms with Crippen molar-refractivity contribution >= 4 is 11.9 Å². The SMILES string of the molecule is CC(C)NC(=O)N(C)C[C@H]1Oc2ncc(C#CCc3ccccc3)cc2C(=O)N([C@H](C)CO)C[C@H]1C. The number of aliphatic hydroxyl groups excluding tert-OH is 1. The molecule has 0 spiro atoms. The number of hydrogen-bond acceptors (Lipinski definition) is 5. The molecule has 192 valence electrons. The Morgan fingerprint density at radius 2 is 2.03 bits per heavy atom. The number of amides is 3. The Morgan fingerprint density at radius 3 is 2.69 bits per heavy atom. The highest BCUT2D eigenvalue weighted by atomic mass is 16.5. The first kappa shape index (κ1) is 27.0. The average molecular weight is 493 g/mol. The number of nitrogens with one attached hydrogen (secondary N) is 1. The predicted octanol–water partition coefficient (Wildman–Crippen LogP) is 2.95. The molecule has 0 aliphatic carbocycles. The van der Waals surface area contributed by atoms with Crippen molar-refractivity contribution in [1.29, 1.82) is 0 Å². The molecule has 8 nitrogen and oxygen atoms in total. The lowest BCUT2D eigenvalue weighted by Crippen LogP contribution is -2.51. The first-order valence-corrected chi connectivity index (χ1v) is 12.3. The maximum atomic E-state index is 13.5. The molecule has 0 saturated heterocycles. The van der Waals surface area contributed by atoms with Crippen LogP contribution in [0, 0.1) is 17.8 Å². The van der Waals surface area contributed by atoms with Crippen LogP contribution in [0.15, 0.2) is 42.6 Å². The first-order valence-electron chi connectivity index (χ1n) is 12.3. The van der Waals surface area contributed by atoms with Crippen LogP contribution in [0.5, 0.6) is 5.88 Å². The van der Waals surface area contributed by atoms with Crippen LogP contribution in [0.2, 0.25) is 0 Å². The summed E-state index contributed by atoms with van der Waals surface area (Å²) in [6, 6.07) is 11.1. The maximum Gasteiger partial charge on any atom is 0.317 e. The highest BCUT2D eigenvalue weighted by molar-refractivity contribution is 5.97. The maximum absolute atomic E-state index is 13.5. The topological polar surface area (TPSA) is 95.0 Å². The molecule has 2 aromatic rings. The summed E-state index contributed by atoms with van der Waals surface area (Å²) in [6.07, 6.45) is 1.78. The van der Waals surface area contributed by atoms with E-state index in [9.17, 15) is 14.7 Å². The van der Waals surface area contributed by atoms with Gasteiger partial charge in [0.25, 0.3) is 5.91 Å². The van der Waals surface area contributed by atoms with E-state index in [2.05, 4.69) is 22.1 Å². The second kappa shape index (κ2) is 12.4. The van der Waals surface area contributed by atoms with Crippen LogP contribution in [0.25, 0.3) is 0 Å². The zero-order chi connectivity index (χ0) is 26.2. The fraction of sp³-hybridized carbons (Fsp3) is 0.464. The Balaban J connectivity index is 1.90. The summed E-state index contributed by atoms with van der Waals surface area (Å²) in [5.41, 5.74) is 2.01. The van der Waals surface area contributed by atoms with Gasteiger partial charge in [0.15, 0.2) is 0 Å². The number of pyridine rings is 1. The Morgan fingerprint density at radius 1 is 1.31 bits per heavy atom. The number of nitrogens with zero attached hydrogens (tertiary/aromatic N) is 3. The molecule has 1 aromatic heterocycles. The van der Waals surface area contributed by atoms with Crippen molar-refractivity contribution in [3.8, 4) is 17.7 Å². The van der Waals surface area contributed by atoms with Gasteiger partial charge in [0, 0.05) is 43.7 Å². The molecule has 0 bridgehead atoms. The zero-order valence-corrected chi connectivity index (χ0v) is 21.7. The highest BCUT2D eigenvalue weighted by Gasteiger charge is 2.34. The number of benzene rings is 1. The number of likely N-dealkylation sites (N-methyl/N-ethyl adjacent to an activating group) is 1. The van der Waals surface area contributed by atoms with Gasteiger partial charge in [-0.3, -0.25) is 4.79 Å². The van der Waals surface area contributed by atoms with Gasteiger partial charge in [0.2, 0.25) is 5.88 Å². The molecule has 2 N–H and O–H groups in total. The molecule has 3 atom stereocenters. The van der Waals surface area contributed by atoms with E-state index in [4.69, 9.17) is 4.74 Å². The van der Waals surface area contributed by atoms with Gasteiger partial charge in [-0.05, 0) is 32.4 Å². The Kier molecular flexibility index (Phi) is 9.31. The van der Waals surface area contributed by atoms with E-state index in [1.54, 1.807) is 36.0 Å². The number of rotatable bonds is 6. The number of ether oxygens (including phenoxy) is 1. The summed E-state index contributed by atoms with van der Waals surface area (Å²) in [7, 11) is 1.71. The number of hydrogen-bond donors (Lipinski definition) is 2. The first-order chi connectivity index (χ1) is 17.2. The number of carbonyl (C=O) groups is 2. The van der Waals surface area contributed by atoms with E-state index in [-0.39, 0.29) is 42.4 Å². The molecule has 3 rings (SSSR count). The second-order valence-corrected chi connectivity index (χ2v) is 9.65. The van der Waals surface area contributed by atoms with Crippen LogP contribution < -0.4 is 10.1 Å². The van der Waals surface area contributed by atoms with Crippen LogP contribution in [-0.2, 0) is 6.42 Å². The third-order valence-electron chi connectivity index (χ3n) is 6.10. The summed E-state index contributed by atoms with van der Waals surface area (Å²) in [4.78, 5) is 33.7. The molecule has 1 aliphatic rings. The quantitative estimate of drug-likeness (QED) is 0.605. The molecule has 1 aliphatic heterocycles. The molecule has 2 heterocycles. The van der Waals surface area contributed by atoms with E-state index in [0.717, 1.165) is 5.56 Å². The van der Waals surface area contributed by atoms with Crippen LogP contribution >= 0.6 is 0 Å². The fourth-order valence-corrected chi connectivity index (χ4v) is 3.94. The molecule has 3 amide bonds. The smallest absolute Gasteiger partial charge is 0.317 e. The van der Waals surface area contributed by atoms with Gasteiger partial charge in [0.1, 0.15) is 11.7 Å². The lowest BCUT2D eigenvalue weighted by molar-refractivity contribution is 0.0351. The molecule has 1 aromatic carbocycles. The van der Waals surface area contributed by atoms with Crippen molar-refractivity contribution < 1.29 is 19.4 Å². The second-order valence-electron chi connectivity index (χ2n) is 9.65. The fourth-order valence-electron chi connectivity index (χ4n) is 3.94. The van der Waals surface area contributed by atoms with Crippen molar-refractivity contribution in [3.05, 3.63) is 59.3 Å². The molecule has 8 heteroatoms. The van der Waals surface area contributed by atoms with E-state index in [1.807, 2.05) is 51.1 Å². The molecule has 36 heavy (non-hydrogen) atoms. The van der Waals surface area contributed by atoms with Crippen LogP contribution in [-0.4, -0.2) is 76.8 Å². The molecule has 0 fully saturated rings. The molecular formula is C28H36N4O4. The van der Waals surface area contributed by atoms with Gasteiger partial charge < -0.3 is 25.0 Å². The van der Waals surface area contributed by atoms with Crippen molar-refractivity contribution in [1.82, 2.24) is 20.1 Å². The summed E-state index contributed by atoms with van der Waals surface area (Å²) in [5.74, 6) is 6.06. The summed E-state index contributed by atoms with van der Waals surface area (Å²) >= 11 is 0. The third kappa shape index (κ3) is 6.98. The number of fused-ring (bicyclic) bond motifs is 1. The van der Waals surface area contributed by atoms with Crippen molar-refractivity contribution in [2.45, 2.75) is 52.3 Å². The van der Waals surface area contributed by atoms with Crippen molar-refractivity contribution in [2.24, 2.45) is 5.92 Å². The minimum atomic E-state index is -0.407. The monoisotopic (exact) mass is 492 g/mol. The van der Waals surface area contributed by atoms with E-state index >= 15 is 0 Å². The minimum absolute atomic E-state index is 0.0120. The molecular weight excluding hydrogens is 456 g/mol. The molecule has 0 saturated carbocycles. The van der Waals surface area contributed by atoms with Crippen molar-refractivity contribution in [2.75, 3.05) is 26.7 Å². The number of carbonyl (C=O) groups excluding carboxylic acids is 2. The summed E-state index contributed by atoms with van der Waals surface area (Å²) in [5, 5.41) is 12.7. The molecule has 0 unspecified atom stereocenters. The normalized spacial score (nSPS) is 18.2. The van der Waals surface area contributed by atoms with Crippen molar-refractivity contribution in [3.63, 3.8) is 0 Å². The Hall–Kier alpha value is -3.57. The number of aromatic nitrogens is 1. The van der Waals surface area contributed by atoms with Crippen LogP contribution in [0.3, 0.4) is 0 Å². The lowest BCUT2D eigenvalue weighted by Gasteiger charge is -2.37. The largest absolute Gasteiger partial charge is 0.472 e. The predicted molar refractivity (Wildman–Crippen MR) is 139 cm³/mol. The summed E-state index contributed by atoms with van der Waals surface area (Å²) < 4.78 is 6.24. The standard InChI is InChI=1S/C28H36N4O4/c1-19(2)30-28(35)31(5)17-25-20(3)16-32(21(4)18-33)27(34)24-14-23(15-29-26(24)36-25)13-9-12-22-10-7-6-8-11-22/h6-8,10-11,14-15,19-21,25,33H,12,16-18H2,1-5H3,(H,30,35)/t20-,21-,25-/m1/s1.